The van der Waals surface area contributed by atoms with Crippen molar-refractivity contribution in [2.24, 2.45) is 0 Å². The standard InChI is InChI=1S/C21H21FN4O2/c1-13-20(14(2)28-25-13)21-23-10-9-17(24-21)18-4-3-11-26(18)19(27)12-15-5-7-16(22)8-6-15/h5-10,18H,3-4,11-12H2,1-2H3. The molecular weight excluding hydrogens is 359 g/mol. The molecule has 0 aliphatic carbocycles. The number of hydrogen-bond donors (Lipinski definition) is 0. The third-order valence-corrected chi connectivity index (χ3v) is 5.12. The fourth-order valence-corrected chi connectivity index (χ4v) is 3.73. The molecule has 1 saturated heterocycles. The summed E-state index contributed by atoms with van der Waals surface area (Å²) in [4.78, 5) is 23.8. The Kier molecular flexibility index (Phi) is 4.90. The summed E-state index contributed by atoms with van der Waals surface area (Å²) in [5, 5.41) is 3.97. The Labute approximate surface area is 162 Å². The summed E-state index contributed by atoms with van der Waals surface area (Å²) in [5.41, 5.74) is 3.15. The van der Waals surface area contributed by atoms with Crippen LogP contribution in [0.15, 0.2) is 41.1 Å². The number of rotatable bonds is 4. The fourth-order valence-electron chi connectivity index (χ4n) is 3.73. The smallest absolute Gasteiger partial charge is 0.227 e. The number of hydrogen-bond acceptors (Lipinski definition) is 5. The lowest BCUT2D eigenvalue weighted by molar-refractivity contribution is -0.131. The first-order chi connectivity index (χ1) is 13.5. The number of nitrogens with zero attached hydrogens (tertiary/aromatic N) is 4. The summed E-state index contributed by atoms with van der Waals surface area (Å²) in [6, 6.07) is 7.83. The molecule has 3 heterocycles. The third kappa shape index (κ3) is 3.52. The number of amides is 1. The molecule has 1 fully saturated rings. The van der Waals surface area contributed by atoms with Crippen LogP contribution in [0.5, 0.6) is 0 Å². The predicted molar refractivity (Wildman–Crippen MR) is 101 cm³/mol. The molecular formula is C21H21FN4O2. The Morgan fingerprint density at radius 3 is 2.75 bits per heavy atom. The van der Waals surface area contributed by atoms with Gasteiger partial charge >= 0.3 is 0 Å². The van der Waals surface area contributed by atoms with Gasteiger partial charge in [-0.1, -0.05) is 17.3 Å². The Balaban J connectivity index is 1.57. The predicted octanol–water partition coefficient (Wildman–Crippen LogP) is 3.79. The summed E-state index contributed by atoms with van der Waals surface area (Å²) in [6.45, 7) is 4.38. The van der Waals surface area contributed by atoms with E-state index in [-0.39, 0.29) is 24.2 Å². The molecule has 0 N–H and O–H groups in total. The van der Waals surface area contributed by atoms with Crippen molar-refractivity contribution in [1.29, 1.82) is 0 Å². The number of carbonyl (C=O) groups is 1. The van der Waals surface area contributed by atoms with Crippen molar-refractivity contribution < 1.29 is 13.7 Å². The Morgan fingerprint density at radius 2 is 2.04 bits per heavy atom. The van der Waals surface area contributed by atoms with Gasteiger partial charge < -0.3 is 9.42 Å². The number of aryl methyl sites for hydroxylation is 2. The lowest BCUT2D eigenvalue weighted by Crippen LogP contribution is -2.32. The van der Waals surface area contributed by atoms with Crippen LogP contribution in [0.1, 0.15) is 41.6 Å². The average molecular weight is 380 g/mol. The molecule has 1 aliphatic heterocycles. The number of halogens is 1. The quantitative estimate of drug-likeness (QED) is 0.689. The van der Waals surface area contributed by atoms with Crippen molar-refractivity contribution in [1.82, 2.24) is 20.0 Å². The van der Waals surface area contributed by atoms with E-state index in [1.165, 1.54) is 12.1 Å². The van der Waals surface area contributed by atoms with Crippen LogP contribution in [0, 0.1) is 19.7 Å². The molecule has 1 amide bonds. The largest absolute Gasteiger partial charge is 0.361 e. The van der Waals surface area contributed by atoms with Crippen LogP contribution < -0.4 is 0 Å². The van der Waals surface area contributed by atoms with Crippen LogP contribution in [0.4, 0.5) is 4.39 Å². The summed E-state index contributed by atoms with van der Waals surface area (Å²) in [7, 11) is 0. The molecule has 1 unspecified atom stereocenters. The highest BCUT2D eigenvalue weighted by atomic mass is 19.1. The van der Waals surface area contributed by atoms with Crippen molar-refractivity contribution in [2.45, 2.75) is 39.2 Å². The number of benzene rings is 1. The maximum absolute atomic E-state index is 13.1. The molecule has 0 saturated carbocycles. The molecule has 144 valence electrons. The van der Waals surface area contributed by atoms with E-state index in [1.807, 2.05) is 24.8 Å². The number of aromatic nitrogens is 3. The Bertz CT molecular complexity index is 980. The van der Waals surface area contributed by atoms with E-state index in [2.05, 4.69) is 10.1 Å². The Morgan fingerprint density at radius 1 is 1.25 bits per heavy atom. The molecule has 0 radical (unpaired) electrons. The number of likely N-dealkylation sites (tertiary alicyclic amines) is 1. The van der Waals surface area contributed by atoms with Gasteiger partial charge in [0.05, 0.1) is 29.4 Å². The highest BCUT2D eigenvalue weighted by molar-refractivity contribution is 5.79. The molecule has 1 atom stereocenters. The van der Waals surface area contributed by atoms with Gasteiger partial charge in [0.2, 0.25) is 5.91 Å². The van der Waals surface area contributed by atoms with Gasteiger partial charge in [-0.15, -0.1) is 0 Å². The first kappa shape index (κ1) is 18.3. The minimum atomic E-state index is -0.303. The maximum atomic E-state index is 13.1. The zero-order valence-corrected chi connectivity index (χ0v) is 15.9. The van der Waals surface area contributed by atoms with Crippen molar-refractivity contribution >= 4 is 5.91 Å². The summed E-state index contributed by atoms with van der Waals surface area (Å²) in [6.07, 6.45) is 3.74. The second-order valence-corrected chi connectivity index (χ2v) is 7.05. The van der Waals surface area contributed by atoms with Crippen LogP contribution in [0.3, 0.4) is 0 Å². The van der Waals surface area contributed by atoms with Gasteiger partial charge in [0.25, 0.3) is 0 Å². The second-order valence-electron chi connectivity index (χ2n) is 7.05. The van der Waals surface area contributed by atoms with Crippen molar-refractivity contribution in [3.63, 3.8) is 0 Å². The number of carbonyl (C=O) groups excluding carboxylic acids is 1. The third-order valence-electron chi connectivity index (χ3n) is 5.12. The molecule has 1 aromatic carbocycles. The van der Waals surface area contributed by atoms with Gasteiger partial charge in [0.15, 0.2) is 5.82 Å². The monoisotopic (exact) mass is 380 g/mol. The molecule has 2 aromatic heterocycles. The Hall–Kier alpha value is -3.09. The van der Waals surface area contributed by atoms with Gasteiger partial charge in [0, 0.05) is 12.7 Å². The SMILES string of the molecule is Cc1noc(C)c1-c1nccc(C2CCCN2C(=O)Cc2ccc(F)cc2)n1. The highest BCUT2D eigenvalue weighted by Gasteiger charge is 2.31. The van der Waals surface area contributed by atoms with Gasteiger partial charge in [-0.3, -0.25) is 4.79 Å². The zero-order chi connectivity index (χ0) is 19.7. The summed E-state index contributed by atoms with van der Waals surface area (Å²) < 4.78 is 18.3. The molecule has 1 aliphatic rings. The molecule has 0 spiro atoms. The zero-order valence-electron chi connectivity index (χ0n) is 15.9. The lowest BCUT2D eigenvalue weighted by Gasteiger charge is -2.24. The fraction of sp³-hybridized carbons (Fsp3) is 0.333. The van der Waals surface area contributed by atoms with E-state index in [0.717, 1.165) is 35.4 Å². The maximum Gasteiger partial charge on any atom is 0.227 e. The van der Waals surface area contributed by atoms with Crippen LogP contribution in [0.2, 0.25) is 0 Å². The van der Waals surface area contributed by atoms with Gasteiger partial charge in [-0.05, 0) is 50.5 Å². The van der Waals surface area contributed by atoms with E-state index in [1.54, 1.807) is 18.3 Å². The normalized spacial score (nSPS) is 16.5. The summed E-state index contributed by atoms with van der Waals surface area (Å²) in [5.74, 6) is 0.951. The molecule has 6 nitrogen and oxygen atoms in total. The second kappa shape index (κ2) is 7.50. The molecule has 4 rings (SSSR count). The van der Waals surface area contributed by atoms with Crippen LogP contribution in [-0.2, 0) is 11.2 Å². The van der Waals surface area contributed by atoms with E-state index in [9.17, 15) is 9.18 Å². The molecule has 0 bridgehead atoms. The molecule has 28 heavy (non-hydrogen) atoms. The first-order valence-corrected chi connectivity index (χ1v) is 9.33. The van der Waals surface area contributed by atoms with Crippen LogP contribution in [-0.4, -0.2) is 32.5 Å². The van der Waals surface area contributed by atoms with E-state index >= 15 is 0 Å². The van der Waals surface area contributed by atoms with Gasteiger partial charge in [-0.2, -0.15) is 0 Å². The minimum Gasteiger partial charge on any atom is -0.361 e. The average Bonchev–Trinajstić information content (AvgIpc) is 3.30. The highest BCUT2D eigenvalue weighted by Crippen LogP contribution is 2.33. The van der Waals surface area contributed by atoms with Crippen molar-refractivity contribution in [3.05, 3.63) is 65.1 Å². The molecule has 3 aromatic rings. The summed E-state index contributed by atoms with van der Waals surface area (Å²) >= 11 is 0. The van der Waals surface area contributed by atoms with Crippen LogP contribution >= 0.6 is 0 Å². The van der Waals surface area contributed by atoms with Crippen molar-refractivity contribution in [3.8, 4) is 11.4 Å². The van der Waals surface area contributed by atoms with E-state index in [0.29, 0.717) is 18.1 Å². The van der Waals surface area contributed by atoms with Crippen LogP contribution in [0.25, 0.3) is 11.4 Å². The minimum absolute atomic E-state index is 0.0200. The topological polar surface area (TPSA) is 72.1 Å². The molecule has 7 heteroatoms. The van der Waals surface area contributed by atoms with E-state index < -0.39 is 0 Å². The lowest BCUT2D eigenvalue weighted by atomic mass is 10.1. The first-order valence-electron chi connectivity index (χ1n) is 9.33. The van der Waals surface area contributed by atoms with E-state index in [4.69, 9.17) is 9.51 Å². The van der Waals surface area contributed by atoms with Gasteiger partial charge in [0.1, 0.15) is 11.6 Å². The van der Waals surface area contributed by atoms with Gasteiger partial charge in [-0.25, -0.2) is 14.4 Å². The van der Waals surface area contributed by atoms with Crippen molar-refractivity contribution in [2.75, 3.05) is 6.54 Å².